The van der Waals surface area contributed by atoms with Crippen LogP contribution >= 0.6 is 23.4 Å². The van der Waals surface area contributed by atoms with E-state index < -0.39 is 5.82 Å². The Morgan fingerprint density at radius 2 is 1.77 bits per heavy atom. The van der Waals surface area contributed by atoms with E-state index in [1.807, 2.05) is 30.3 Å². The number of Topliss-reactive ketones (excluding diaryl/α,β-unsaturated/α-hetero) is 1. The number of thioether (sulfide) groups is 1. The van der Waals surface area contributed by atoms with Gasteiger partial charge in [0.05, 0.1) is 28.8 Å². The van der Waals surface area contributed by atoms with Crippen LogP contribution in [0.3, 0.4) is 0 Å². The molecule has 0 radical (unpaired) electrons. The Hall–Kier alpha value is -2.96. The highest BCUT2D eigenvalue weighted by atomic mass is 35.5. The minimum absolute atomic E-state index is 0.0192. The third-order valence-electron chi connectivity index (χ3n) is 4.57. The summed E-state index contributed by atoms with van der Waals surface area (Å²) < 4.78 is 15.5. The third kappa shape index (κ3) is 4.30. The summed E-state index contributed by atoms with van der Waals surface area (Å²) in [6.07, 6.45) is 0. The van der Waals surface area contributed by atoms with Crippen LogP contribution in [0.2, 0.25) is 5.02 Å². The number of hydrogen-bond acceptors (Lipinski definition) is 4. The van der Waals surface area contributed by atoms with Crippen molar-refractivity contribution < 1.29 is 9.18 Å². The molecule has 0 aliphatic heterocycles. The van der Waals surface area contributed by atoms with Crippen LogP contribution in [0.25, 0.3) is 10.9 Å². The maximum atomic E-state index is 13.9. The van der Waals surface area contributed by atoms with E-state index in [1.165, 1.54) is 22.8 Å². The molecule has 4 aromatic rings. The second-order valence-electron chi connectivity index (χ2n) is 6.62. The summed E-state index contributed by atoms with van der Waals surface area (Å²) in [5.41, 5.74) is 1.18. The van der Waals surface area contributed by atoms with Crippen LogP contribution < -0.4 is 5.56 Å². The molecule has 0 fully saturated rings. The van der Waals surface area contributed by atoms with Gasteiger partial charge in [-0.2, -0.15) is 0 Å². The molecule has 0 bridgehead atoms. The quantitative estimate of drug-likeness (QED) is 0.235. The lowest BCUT2D eigenvalue weighted by Crippen LogP contribution is -2.24. The molecule has 0 spiro atoms. The number of benzene rings is 3. The number of nitrogens with zero attached hydrogens (tertiary/aromatic N) is 2. The van der Waals surface area contributed by atoms with E-state index in [2.05, 4.69) is 4.98 Å². The van der Waals surface area contributed by atoms with Gasteiger partial charge in [0.1, 0.15) is 5.82 Å². The van der Waals surface area contributed by atoms with E-state index in [0.717, 1.165) is 17.3 Å². The fourth-order valence-electron chi connectivity index (χ4n) is 3.08. The molecule has 0 aliphatic carbocycles. The lowest BCUT2D eigenvalue weighted by molar-refractivity contribution is 0.101. The molecule has 0 atom stereocenters. The lowest BCUT2D eigenvalue weighted by atomic mass is 10.1. The van der Waals surface area contributed by atoms with Crippen molar-refractivity contribution in [2.45, 2.75) is 11.7 Å². The van der Waals surface area contributed by atoms with Gasteiger partial charge in [0, 0.05) is 5.02 Å². The third-order valence-corrected chi connectivity index (χ3v) is 5.78. The highest BCUT2D eigenvalue weighted by Gasteiger charge is 2.16. The van der Waals surface area contributed by atoms with Crippen molar-refractivity contribution in [3.05, 3.63) is 105 Å². The first kappa shape index (κ1) is 20.3. The molecule has 0 saturated heterocycles. The molecule has 0 unspecified atom stereocenters. The second kappa shape index (κ2) is 8.81. The van der Waals surface area contributed by atoms with E-state index in [1.54, 1.807) is 24.3 Å². The van der Waals surface area contributed by atoms with E-state index in [0.29, 0.717) is 27.6 Å². The largest absolute Gasteiger partial charge is 0.293 e. The molecular weight excluding hydrogens is 423 g/mol. The minimum atomic E-state index is -0.567. The molecule has 0 amide bonds. The predicted octanol–water partition coefficient (Wildman–Crippen LogP) is 5.21. The predicted molar refractivity (Wildman–Crippen MR) is 118 cm³/mol. The summed E-state index contributed by atoms with van der Waals surface area (Å²) in [7, 11) is 0. The van der Waals surface area contributed by atoms with Crippen LogP contribution in [0.5, 0.6) is 0 Å². The van der Waals surface area contributed by atoms with Crippen molar-refractivity contribution >= 4 is 40.0 Å². The average Bonchev–Trinajstić information content (AvgIpc) is 2.75. The summed E-state index contributed by atoms with van der Waals surface area (Å²) in [5.74, 6) is -0.985. The van der Waals surface area contributed by atoms with Gasteiger partial charge in [0.2, 0.25) is 0 Å². The fraction of sp³-hybridized carbons (Fsp3) is 0.0870. The zero-order valence-electron chi connectivity index (χ0n) is 15.7. The number of aromatic nitrogens is 2. The van der Waals surface area contributed by atoms with Crippen LogP contribution in [-0.4, -0.2) is 21.1 Å². The van der Waals surface area contributed by atoms with Gasteiger partial charge in [0.25, 0.3) is 5.56 Å². The molecule has 150 valence electrons. The molecule has 1 aromatic heterocycles. The van der Waals surface area contributed by atoms with E-state index >= 15 is 0 Å². The Labute approximate surface area is 181 Å². The Balaban J connectivity index is 1.73. The number of rotatable bonds is 6. The molecule has 4 rings (SSSR count). The standard InChI is InChI=1S/C23H16ClFN2O2S/c24-16-10-11-18-20(12-16)26-23(27(22(18)29)13-15-6-2-1-3-7-15)30-14-21(28)17-8-4-5-9-19(17)25/h1-12H,13-14H2. The summed E-state index contributed by atoms with van der Waals surface area (Å²) >= 11 is 7.17. The first-order valence-electron chi connectivity index (χ1n) is 9.17. The topological polar surface area (TPSA) is 52.0 Å². The highest BCUT2D eigenvalue weighted by Crippen LogP contribution is 2.22. The van der Waals surface area contributed by atoms with Crippen molar-refractivity contribution in [3.8, 4) is 0 Å². The molecule has 3 aromatic carbocycles. The van der Waals surface area contributed by atoms with Gasteiger partial charge in [-0.3, -0.25) is 14.2 Å². The fourth-order valence-corrected chi connectivity index (χ4v) is 4.13. The van der Waals surface area contributed by atoms with Crippen molar-refractivity contribution in [1.82, 2.24) is 9.55 Å². The Morgan fingerprint density at radius 3 is 2.53 bits per heavy atom. The summed E-state index contributed by atoms with van der Waals surface area (Å²) in [6, 6.07) is 20.3. The van der Waals surface area contributed by atoms with Gasteiger partial charge >= 0.3 is 0 Å². The van der Waals surface area contributed by atoms with Crippen molar-refractivity contribution in [3.63, 3.8) is 0 Å². The molecular formula is C23H16ClFN2O2S. The molecule has 30 heavy (non-hydrogen) atoms. The van der Waals surface area contributed by atoms with Crippen LogP contribution in [-0.2, 0) is 6.54 Å². The van der Waals surface area contributed by atoms with E-state index in [-0.39, 0.29) is 22.7 Å². The molecule has 0 aliphatic rings. The van der Waals surface area contributed by atoms with Crippen LogP contribution in [0, 0.1) is 5.82 Å². The van der Waals surface area contributed by atoms with Gasteiger partial charge < -0.3 is 0 Å². The Morgan fingerprint density at radius 1 is 1.03 bits per heavy atom. The van der Waals surface area contributed by atoms with Crippen molar-refractivity contribution in [1.29, 1.82) is 0 Å². The maximum absolute atomic E-state index is 13.9. The number of halogens is 2. The summed E-state index contributed by atoms with van der Waals surface area (Å²) in [4.78, 5) is 30.2. The van der Waals surface area contributed by atoms with Crippen LogP contribution in [0.4, 0.5) is 4.39 Å². The number of hydrogen-bond donors (Lipinski definition) is 0. The van der Waals surface area contributed by atoms with Gasteiger partial charge in [-0.05, 0) is 35.9 Å². The van der Waals surface area contributed by atoms with Gasteiger partial charge in [-0.25, -0.2) is 9.37 Å². The first-order valence-corrected chi connectivity index (χ1v) is 10.5. The molecule has 4 nitrogen and oxygen atoms in total. The lowest BCUT2D eigenvalue weighted by Gasteiger charge is -2.13. The molecule has 1 heterocycles. The minimum Gasteiger partial charge on any atom is -0.293 e. The maximum Gasteiger partial charge on any atom is 0.262 e. The van der Waals surface area contributed by atoms with Crippen molar-refractivity contribution in [2.75, 3.05) is 5.75 Å². The zero-order chi connectivity index (χ0) is 21.1. The Bertz CT molecular complexity index is 1290. The highest BCUT2D eigenvalue weighted by molar-refractivity contribution is 7.99. The molecule has 7 heteroatoms. The van der Waals surface area contributed by atoms with Gasteiger partial charge in [-0.1, -0.05) is 65.8 Å². The van der Waals surface area contributed by atoms with Gasteiger partial charge in [0.15, 0.2) is 10.9 Å². The van der Waals surface area contributed by atoms with Crippen LogP contribution in [0.1, 0.15) is 15.9 Å². The van der Waals surface area contributed by atoms with E-state index in [4.69, 9.17) is 11.6 Å². The monoisotopic (exact) mass is 438 g/mol. The second-order valence-corrected chi connectivity index (χ2v) is 8.00. The normalized spacial score (nSPS) is 11.0. The van der Waals surface area contributed by atoms with Crippen molar-refractivity contribution in [2.24, 2.45) is 0 Å². The zero-order valence-corrected chi connectivity index (χ0v) is 17.3. The number of carbonyl (C=O) groups excluding carboxylic acids is 1. The summed E-state index contributed by atoms with van der Waals surface area (Å²) in [6.45, 7) is 0.307. The van der Waals surface area contributed by atoms with E-state index in [9.17, 15) is 14.0 Å². The molecule has 0 saturated carbocycles. The number of carbonyl (C=O) groups is 1. The SMILES string of the molecule is O=C(CSc1nc2cc(Cl)ccc2c(=O)n1Cc1ccccc1)c1ccccc1F. The number of ketones is 1. The molecule has 0 N–H and O–H groups in total. The Kier molecular flexibility index (Phi) is 5.97. The first-order chi connectivity index (χ1) is 14.5. The van der Waals surface area contributed by atoms with Gasteiger partial charge in [-0.15, -0.1) is 0 Å². The summed E-state index contributed by atoms with van der Waals surface area (Å²) in [5, 5.41) is 1.29. The smallest absolute Gasteiger partial charge is 0.262 e. The number of fused-ring (bicyclic) bond motifs is 1. The van der Waals surface area contributed by atoms with Crippen LogP contribution in [0.15, 0.2) is 82.7 Å². The average molecular weight is 439 g/mol.